The highest BCUT2D eigenvalue weighted by molar-refractivity contribution is 7.91. The molecule has 0 spiro atoms. The Morgan fingerprint density at radius 3 is 2.33 bits per heavy atom. The van der Waals surface area contributed by atoms with Crippen LogP contribution in [-0.4, -0.2) is 32.5 Å². The van der Waals surface area contributed by atoms with E-state index in [4.69, 9.17) is 0 Å². The lowest BCUT2D eigenvalue weighted by Gasteiger charge is -2.25. The topological polar surface area (TPSA) is 46.2 Å². The van der Waals surface area contributed by atoms with Crippen molar-refractivity contribution in [2.24, 2.45) is 5.41 Å². The maximum Gasteiger partial charge on any atom is 0.150 e. The van der Waals surface area contributed by atoms with E-state index < -0.39 is 9.84 Å². The summed E-state index contributed by atoms with van der Waals surface area (Å²) in [6, 6.07) is 0.442. The quantitative estimate of drug-likeness (QED) is 0.794. The lowest BCUT2D eigenvalue weighted by Crippen LogP contribution is -2.40. The van der Waals surface area contributed by atoms with Crippen molar-refractivity contribution >= 4 is 9.84 Å². The third-order valence-corrected chi connectivity index (χ3v) is 5.74. The molecule has 0 amide bonds. The highest BCUT2D eigenvalue weighted by atomic mass is 32.2. The summed E-state index contributed by atoms with van der Waals surface area (Å²) in [5.74, 6) is 0.758. The number of nitrogens with one attached hydrogen (secondary N) is 1. The maximum absolute atomic E-state index is 11.2. The molecule has 2 rings (SSSR count). The highest BCUT2D eigenvalue weighted by Gasteiger charge is 2.40. The van der Waals surface area contributed by atoms with Gasteiger partial charge in [0, 0.05) is 12.6 Å². The summed E-state index contributed by atoms with van der Waals surface area (Å²) >= 11 is 0. The number of hydrogen-bond donors (Lipinski definition) is 1. The molecule has 0 aromatic rings. The van der Waals surface area contributed by atoms with Crippen LogP contribution in [0.3, 0.4) is 0 Å². The number of hydrogen-bond acceptors (Lipinski definition) is 3. The highest BCUT2D eigenvalue weighted by Crippen LogP contribution is 2.48. The Balaban J connectivity index is 1.73. The van der Waals surface area contributed by atoms with Crippen LogP contribution in [0, 0.1) is 5.41 Å². The van der Waals surface area contributed by atoms with Crippen molar-refractivity contribution in [1.82, 2.24) is 5.32 Å². The zero-order chi connectivity index (χ0) is 10.9. The van der Waals surface area contributed by atoms with Gasteiger partial charge in [0.05, 0.1) is 11.5 Å². The van der Waals surface area contributed by atoms with Crippen molar-refractivity contribution in [3.63, 3.8) is 0 Å². The second-order valence-electron chi connectivity index (χ2n) is 5.16. The second kappa shape index (κ2) is 4.06. The Kier molecular flexibility index (Phi) is 3.08. The predicted octanol–water partition coefficient (Wildman–Crippen LogP) is 1.34. The largest absolute Gasteiger partial charge is 0.313 e. The minimum atomic E-state index is -2.70. The molecule has 15 heavy (non-hydrogen) atoms. The molecule has 4 heteroatoms. The fourth-order valence-electron chi connectivity index (χ4n) is 2.29. The Morgan fingerprint density at radius 2 is 1.87 bits per heavy atom. The molecule has 0 aromatic heterocycles. The van der Waals surface area contributed by atoms with E-state index in [0.29, 0.717) is 23.0 Å². The van der Waals surface area contributed by atoms with Gasteiger partial charge in [0.2, 0.25) is 0 Å². The molecule has 0 radical (unpaired) electrons. The van der Waals surface area contributed by atoms with Crippen molar-refractivity contribution < 1.29 is 8.42 Å². The van der Waals surface area contributed by atoms with Gasteiger partial charge in [0.15, 0.2) is 0 Å². The van der Waals surface area contributed by atoms with E-state index in [1.807, 2.05) is 0 Å². The van der Waals surface area contributed by atoms with Gasteiger partial charge >= 0.3 is 0 Å². The third kappa shape index (κ3) is 2.94. The zero-order valence-electron chi connectivity index (χ0n) is 9.46. The Morgan fingerprint density at radius 1 is 1.27 bits per heavy atom. The van der Waals surface area contributed by atoms with Gasteiger partial charge in [-0.2, -0.15) is 0 Å². The van der Waals surface area contributed by atoms with Crippen molar-refractivity contribution in [3.05, 3.63) is 0 Å². The van der Waals surface area contributed by atoms with Crippen LogP contribution in [0.1, 0.15) is 39.0 Å². The SMILES string of the molecule is CCC1(CNC2CCS(=O)(=O)CC2)CC1. The average molecular weight is 231 g/mol. The first-order chi connectivity index (χ1) is 7.05. The van der Waals surface area contributed by atoms with Crippen LogP contribution >= 0.6 is 0 Å². The van der Waals surface area contributed by atoms with Crippen molar-refractivity contribution in [1.29, 1.82) is 0 Å². The lowest BCUT2D eigenvalue weighted by atomic mass is 10.0. The maximum atomic E-state index is 11.2. The van der Waals surface area contributed by atoms with Gasteiger partial charge in [-0.05, 0) is 37.5 Å². The van der Waals surface area contributed by atoms with Gasteiger partial charge in [-0.1, -0.05) is 6.92 Å². The smallest absolute Gasteiger partial charge is 0.150 e. The van der Waals surface area contributed by atoms with Crippen molar-refractivity contribution in [2.45, 2.75) is 45.1 Å². The molecule has 88 valence electrons. The summed E-state index contributed by atoms with van der Waals surface area (Å²) in [6.07, 6.45) is 5.57. The van der Waals surface area contributed by atoms with Crippen LogP contribution in [0.2, 0.25) is 0 Å². The molecule has 1 saturated carbocycles. The Bertz CT molecular complexity index is 305. The molecule has 3 nitrogen and oxygen atoms in total. The second-order valence-corrected chi connectivity index (χ2v) is 7.46. The molecule has 2 aliphatic rings. The fraction of sp³-hybridized carbons (Fsp3) is 1.00. The molecule has 0 unspecified atom stereocenters. The monoisotopic (exact) mass is 231 g/mol. The summed E-state index contributed by atoms with van der Waals surface area (Å²) in [5.41, 5.74) is 0.566. The molecule has 1 aliphatic carbocycles. The fourth-order valence-corrected chi connectivity index (χ4v) is 3.78. The van der Waals surface area contributed by atoms with E-state index >= 15 is 0 Å². The third-order valence-electron chi connectivity index (χ3n) is 4.03. The van der Waals surface area contributed by atoms with E-state index in [1.54, 1.807) is 0 Å². The number of rotatable bonds is 4. The summed E-state index contributed by atoms with van der Waals surface area (Å²) < 4.78 is 22.5. The molecular weight excluding hydrogens is 210 g/mol. The van der Waals surface area contributed by atoms with Gasteiger partial charge in [-0.3, -0.25) is 0 Å². The van der Waals surface area contributed by atoms with Crippen LogP contribution in [0.15, 0.2) is 0 Å². The Labute approximate surface area is 92.6 Å². The molecule has 0 aromatic carbocycles. The average Bonchev–Trinajstić information content (AvgIpc) is 2.97. The van der Waals surface area contributed by atoms with Gasteiger partial charge in [0.1, 0.15) is 9.84 Å². The summed E-state index contributed by atoms with van der Waals surface area (Å²) in [6.45, 7) is 3.34. The van der Waals surface area contributed by atoms with E-state index in [1.165, 1.54) is 19.3 Å². The van der Waals surface area contributed by atoms with Crippen LogP contribution in [0.5, 0.6) is 0 Å². The van der Waals surface area contributed by atoms with Crippen LogP contribution in [-0.2, 0) is 9.84 Å². The minimum Gasteiger partial charge on any atom is -0.313 e. The molecule has 0 atom stereocenters. The molecular formula is C11H21NO2S. The first kappa shape index (κ1) is 11.4. The van der Waals surface area contributed by atoms with E-state index in [-0.39, 0.29) is 0 Å². The number of sulfone groups is 1. The predicted molar refractivity (Wildman–Crippen MR) is 61.6 cm³/mol. The van der Waals surface area contributed by atoms with Gasteiger partial charge < -0.3 is 5.32 Å². The van der Waals surface area contributed by atoms with Crippen molar-refractivity contribution in [2.75, 3.05) is 18.1 Å². The summed E-state index contributed by atoms with van der Waals surface area (Å²) in [5, 5.41) is 3.55. The van der Waals surface area contributed by atoms with E-state index in [2.05, 4.69) is 12.2 Å². The molecule has 1 heterocycles. The van der Waals surface area contributed by atoms with Gasteiger partial charge in [0.25, 0.3) is 0 Å². The van der Waals surface area contributed by atoms with E-state index in [0.717, 1.165) is 19.4 Å². The standard InChI is InChI=1S/C11H21NO2S/c1-2-11(5-6-11)9-12-10-3-7-15(13,14)8-4-10/h10,12H,2-9H2,1H3. The van der Waals surface area contributed by atoms with Crippen molar-refractivity contribution in [3.8, 4) is 0 Å². The van der Waals surface area contributed by atoms with E-state index in [9.17, 15) is 8.42 Å². The molecule has 1 saturated heterocycles. The van der Waals surface area contributed by atoms with Crippen LogP contribution < -0.4 is 5.32 Å². The first-order valence-electron chi connectivity index (χ1n) is 5.99. The Hall–Kier alpha value is -0.0900. The minimum absolute atomic E-state index is 0.379. The normalized spacial score (nSPS) is 28.9. The van der Waals surface area contributed by atoms with Crippen LogP contribution in [0.25, 0.3) is 0 Å². The van der Waals surface area contributed by atoms with Gasteiger partial charge in [-0.15, -0.1) is 0 Å². The van der Waals surface area contributed by atoms with Crippen LogP contribution in [0.4, 0.5) is 0 Å². The van der Waals surface area contributed by atoms with Gasteiger partial charge in [-0.25, -0.2) is 8.42 Å². The summed E-state index contributed by atoms with van der Waals surface area (Å²) in [4.78, 5) is 0. The molecule has 2 fully saturated rings. The molecule has 1 N–H and O–H groups in total. The summed E-state index contributed by atoms with van der Waals surface area (Å²) in [7, 11) is -2.70. The molecule has 1 aliphatic heterocycles. The first-order valence-corrected chi connectivity index (χ1v) is 7.81. The zero-order valence-corrected chi connectivity index (χ0v) is 10.3. The lowest BCUT2D eigenvalue weighted by molar-refractivity contribution is 0.382. The molecule has 0 bridgehead atoms.